The van der Waals surface area contributed by atoms with E-state index in [9.17, 15) is 9.59 Å². The highest BCUT2D eigenvalue weighted by Crippen LogP contribution is 2.36. The number of nitrogens with zero attached hydrogens (tertiary/aromatic N) is 1. The van der Waals surface area contributed by atoms with Crippen LogP contribution in [0.5, 0.6) is 5.75 Å². The number of hydrogen-bond acceptors (Lipinski definition) is 3. The van der Waals surface area contributed by atoms with Crippen molar-refractivity contribution >= 4 is 28.3 Å². The summed E-state index contributed by atoms with van der Waals surface area (Å²) in [5.41, 5.74) is 2.42. The van der Waals surface area contributed by atoms with Gasteiger partial charge in [0, 0.05) is 10.9 Å². The number of anilines is 1. The lowest BCUT2D eigenvalue weighted by molar-refractivity contribution is -0.120. The lowest BCUT2D eigenvalue weighted by Crippen LogP contribution is -2.39. The molecule has 0 fully saturated rings. The normalized spacial score (nSPS) is 13.7. The summed E-state index contributed by atoms with van der Waals surface area (Å²) < 4.78 is 5.16. The smallest absolute Gasteiger partial charge is 0.259 e. The molecule has 1 unspecified atom stereocenters. The standard InChI is InChI=1S/C22H20N2O3/c1-14(15-9-11-17(27-2)12-10-15)23-20(25)13-24-19-8-4-6-16-5-3-7-18(21(16)19)22(24)26/h3-12,14H,13H2,1-2H3,(H,23,25). The summed E-state index contributed by atoms with van der Waals surface area (Å²) in [5, 5.41) is 4.89. The van der Waals surface area contributed by atoms with Gasteiger partial charge in [0.2, 0.25) is 5.91 Å². The summed E-state index contributed by atoms with van der Waals surface area (Å²) >= 11 is 0. The van der Waals surface area contributed by atoms with E-state index in [0.717, 1.165) is 27.8 Å². The fraction of sp³-hybridized carbons (Fsp3) is 0.182. The van der Waals surface area contributed by atoms with Crippen LogP contribution >= 0.6 is 0 Å². The molecule has 1 atom stereocenters. The van der Waals surface area contributed by atoms with E-state index in [2.05, 4.69) is 5.32 Å². The molecule has 5 nitrogen and oxygen atoms in total. The van der Waals surface area contributed by atoms with Crippen molar-refractivity contribution in [1.82, 2.24) is 5.32 Å². The van der Waals surface area contributed by atoms with Crippen LogP contribution in [0.15, 0.2) is 60.7 Å². The summed E-state index contributed by atoms with van der Waals surface area (Å²) in [6, 6.07) is 18.8. The first-order chi connectivity index (χ1) is 13.1. The van der Waals surface area contributed by atoms with Crippen molar-refractivity contribution in [2.24, 2.45) is 0 Å². The van der Waals surface area contributed by atoms with Crippen LogP contribution in [-0.2, 0) is 4.79 Å². The highest BCUT2D eigenvalue weighted by atomic mass is 16.5. The van der Waals surface area contributed by atoms with Crippen molar-refractivity contribution in [1.29, 1.82) is 0 Å². The molecular formula is C22H20N2O3. The summed E-state index contributed by atoms with van der Waals surface area (Å²) in [7, 11) is 1.62. The predicted molar refractivity (Wildman–Crippen MR) is 105 cm³/mol. The first-order valence-electron chi connectivity index (χ1n) is 8.85. The minimum absolute atomic E-state index is 0.00682. The molecule has 4 rings (SSSR count). The van der Waals surface area contributed by atoms with Crippen molar-refractivity contribution in [3.63, 3.8) is 0 Å². The number of methoxy groups -OCH3 is 1. The van der Waals surface area contributed by atoms with Crippen LogP contribution in [0.1, 0.15) is 28.9 Å². The third kappa shape index (κ3) is 3.01. The summed E-state index contributed by atoms with van der Waals surface area (Å²) in [6.07, 6.45) is 0. The van der Waals surface area contributed by atoms with Gasteiger partial charge in [-0.3, -0.25) is 14.5 Å². The molecule has 1 aliphatic rings. The zero-order chi connectivity index (χ0) is 19.0. The quantitative estimate of drug-likeness (QED) is 0.755. The van der Waals surface area contributed by atoms with E-state index in [0.29, 0.717) is 5.56 Å². The maximum absolute atomic E-state index is 12.8. The Morgan fingerprint density at radius 2 is 1.78 bits per heavy atom. The van der Waals surface area contributed by atoms with Gasteiger partial charge in [-0.15, -0.1) is 0 Å². The predicted octanol–water partition coefficient (Wildman–Crippen LogP) is 3.69. The SMILES string of the molecule is COc1ccc(C(C)NC(=O)CN2C(=O)c3cccc4cccc2c34)cc1. The van der Waals surface area contributed by atoms with Gasteiger partial charge < -0.3 is 10.1 Å². The molecule has 0 saturated heterocycles. The zero-order valence-electron chi connectivity index (χ0n) is 15.2. The van der Waals surface area contributed by atoms with Crippen molar-refractivity contribution in [2.75, 3.05) is 18.6 Å². The van der Waals surface area contributed by atoms with Gasteiger partial charge >= 0.3 is 0 Å². The second kappa shape index (κ2) is 6.76. The number of benzene rings is 3. The Hall–Kier alpha value is -3.34. The maximum atomic E-state index is 12.8. The van der Waals surface area contributed by atoms with E-state index in [-0.39, 0.29) is 24.4 Å². The van der Waals surface area contributed by atoms with E-state index in [4.69, 9.17) is 4.74 Å². The number of carbonyl (C=O) groups excluding carboxylic acids is 2. The van der Waals surface area contributed by atoms with Crippen LogP contribution in [0.3, 0.4) is 0 Å². The number of amides is 2. The van der Waals surface area contributed by atoms with Gasteiger partial charge in [0.25, 0.3) is 5.91 Å². The average Bonchev–Trinajstić information content (AvgIpc) is 2.96. The van der Waals surface area contributed by atoms with E-state index >= 15 is 0 Å². The molecule has 1 heterocycles. The Balaban J connectivity index is 1.50. The van der Waals surface area contributed by atoms with E-state index < -0.39 is 0 Å². The van der Waals surface area contributed by atoms with Gasteiger partial charge in [-0.1, -0.05) is 36.4 Å². The molecule has 0 bridgehead atoms. The first-order valence-corrected chi connectivity index (χ1v) is 8.85. The minimum atomic E-state index is -0.198. The Labute approximate surface area is 157 Å². The number of ether oxygens (including phenoxy) is 1. The summed E-state index contributed by atoms with van der Waals surface area (Å²) in [4.78, 5) is 26.9. The lowest BCUT2D eigenvalue weighted by atomic mass is 10.1. The van der Waals surface area contributed by atoms with Crippen LogP contribution in [0.4, 0.5) is 5.69 Å². The van der Waals surface area contributed by atoms with Gasteiger partial charge in [0.1, 0.15) is 12.3 Å². The van der Waals surface area contributed by atoms with Crippen LogP contribution in [-0.4, -0.2) is 25.5 Å². The van der Waals surface area contributed by atoms with Crippen LogP contribution < -0.4 is 15.0 Å². The Morgan fingerprint density at radius 1 is 1.07 bits per heavy atom. The summed E-state index contributed by atoms with van der Waals surface area (Å²) in [5.74, 6) is 0.441. The number of carbonyl (C=O) groups is 2. The van der Waals surface area contributed by atoms with Gasteiger partial charge in [-0.25, -0.2) is 0 Å². The summed E-state index contributed by atoms with van der Waals surface area (Å²) in [6.45, 7) is 1.91. The van der Waals surface area contributed by atoms with Gasteiger partial charge in [0.05, 0.1) is 18.8 Å². The van der Waals surface area contributed by atoms with Crippen molar-refractivity contribution < 1.29 is 14.3 Å². The molecule has 0 spiro atoms. The number of hydrogen-bond donors (Lipinski definition) is 1. The molecule has 3 aromatic rings. The molecule has 0 radical (unpaired) electrons. The monoisotopic (exact) mass is 360 g/mol. The third-order valence-electron chi connectivity index (χ3n) is 4.94. The molecule has 136 valence electrons. The largest absolute Gasteiger partial charge is 0.497 e. The topological polar surface area (TPSA) is 58.6 Å². The second-order valence-corrected chi connectivity index (χ2v) is 6.63. The van der Waals surface area contributed by atoms with E-state index in [1.807, 2.05) is 67.6 Å². The molecule has 1 aliphatic heterocycles. The fourth-order valence-electron chi connectivity index (χ4n) is 3.54. The molecule has 3 aromatic carbocycles. The number of rotatable bonds is 5. The second-order valence-electron chi connectivity index (χ2n) is 6.63. The highest BCUT2D eigenvalue weighted by Gasteiger charge is 2.31. The Kier molecular flexibility index (Phi) is 4.28. The molecule has 0 aromatic heterocycles. The fourth-order valence-corrected chi connectivity index (χ4v) is 3.54. The minimum Gasteiger partial charge on any atom is -0.497 e. The van der Waals surface area contributed by atoms with Gasteiger partial charge in [-0.2, -0.15) is 0 Å². The molecule has 1 N–H and O–H groups in total. The van der Waals surface area contributed by atoms with Crippen molar-refractivity contribution in [3.05, 3.63) is 71.8 Å². The van der Waals surface area contributed by atoms with Gasteiger partial charge in [-0.05, 0) is 42.1 Å². The van der Waals surface area contributed by atoms with Crippen molar-refractivity contribution in [2.45, 2.75) is 13.0 Å². The maximum Gasteiger partial charge on any atom is 0.259 e. The molecule has 0 saturated carbocycles. The van der Waals surface area contributed by atoms with Gasteiger partial charge in [0.15, 0.2) is 0 Å². The van der Waals surface area contributed by atoms with Crippen LogP contribution in [0.25, 0.3) is 10.8 Å². The molecule has 5 heteroatoms. The number of nitrogens with one attached hydrogen (secondary N) is 1. The van der Waals surface area contributed by atoms with E-state index in [1.54, 1.807) is 12.0 Å². The highest BCUT2D eigenvalue weighted by molar-refractivity contribution is 6.26. The Morgan fingerprint density at radius 3 is 2.48 bits per heavy atom. The zero-order valence-corrected chi connectivity index (χ0v) is 15.2. The van der Waals surface area contributed by atoms with Crippen molar-refractivity contribution in [3.8, 4) is 5.75 Å². The van der Waals surface area contributed by atoms with E-state index in [1.165, 1.54) is 0 Å². The third-order valence-corrected chi connectivity index (χ3v) is 4.94. The average molecular weight is 360 g/mol. The van der Waals surface area contributed by atoms with Crippen LogP contribution in [0.2, 0.25) is 0 Å². The molecule has 27 heavy (non-hydrogen) atoms. The lowest BCUT2D eigenvalue weighted by Gasteiger charge is -2.20. The first kappa shape index (κ1) is 17.1. The Bertz CT molecular complexity index is 1020. The molecule has 2 amide bonds. The molecule has 0 aliphatic carbocycles. The van der Waals surface area contributed by atoms with Crippen LogP contribution in [0, 0.1) is 0 Å². The molecular weight excluding hydrogens is 340 g/mol.